The number of nitrogens with two attached hydrogens (primary N) is 1. The van der Waals surface area contributed by atoms with Gasteiger partial charge < -0.3 is 11.1 Å². The molecule has 3 heteroatoms. The van der Waals surface area contributed by atoms with Gasteiger partial charge in [-0.05, 0) is 31.4 Å². The highest BCUT2D eigenvalue weighted by atomic mass is 35.5. The molecule has 0 aliphatic heterocycles. The highest BCUT2D eigenvalue weighted by Gasteiger charge is 2.23. The Hall–Kier alpha value is -0.730. The van der Waals surface area contributed by atoms with Crippen molar-refractivity contribution in [1.29, 1.82) is 0 Å². The van der Waals surface area contributed by atoms with E-state index < -0.39 is 0 Å². The van der Waals surface area contributed by atoms with E-state index in [9.17, 15) is 0 Å². The lowest BCUT2D eigenvalue weighted by atomic mass is 10.2. The fourth-order valence-electron chi connectivity index (χ4n) is 1.92. The van der Waals surface area contributed by atoms with Gasteiger partial charge in [-0.1, -0.05) is 18.2 Å². The number of rotatable bonds is 2. The molecule has 2 atom stereocenters. The van der Waals surface area contributed by atoms with E-state index in [0.29, 0.717) is 12.1 Å². The fraction of sp³-hybridized carbons (Fsp3) is 0.455. The molecule has 0 bridgehead atoms. The van der Waals surface area contributed by atoms with E-state index >= 15 is 0 Å². The highest BCUT2D eigenvalue weighted by molar-refractivity contribution is 5.85. The molecule has 1 aliphatic rings. The van der Waals surface area contributed by atoms with Gasteiger partial charge in [0.1, 0.15) is 0 Å². The predicted molar refractivity (Wildman–Crippen MR) is 62.9 cm³/mol. The van der Waals surface area contributed by atoms with Gasteiger partial charge in [-0.15, -0.1) is 12.4 Å². The van der Waals surface area contributed by atoms with E-state index in [1.165, 1.54) is 18.5 Å². The molecule has 0 heterocycles. The number of benzene rings is 1. The molecule has 0 aromatic heterocycles. The van der Waals surface area contributed by atoms with Crippen LogP contribution in [0.4, 0.5) is 5.69 Å². The van der Waals surface area contributed by atoms with Crippen molar-refractivity contribution >= 4 is 18.1 Å². The zero-order chi connectivity index (χ0) is 9.10. The summed E-state index contributed by atoms with van der Waals surface area (Å²) in [7, 11) is 0. The second kappa shape index (κ2) is 5.23. The summed E-state index contributed by atoms with van der Waals surface area (Å²) in [6, 6.07) is 11.1. The number of halogens is 1. The van der Waals surface area contributed by atoms with Crippen LogP contribution in [0, 0.1) is 0 Å². The van der Waals surface area contributed by atoms with Gasteiger partial charge in [0, 0.05) is 17.8 Å². The van der Waals surface area contributed by atoms with Crippen LogP contribution in [-0.4, -0.2) is 12.1 Å². The molecule has 1 aromatic rings. The Kier molecular flexibility index (Phi) is 4.23. The molecule has 3 N–H and O–H groups in total. The fourth-order valence-corrected chi connectivity index (χ4v) is 1.92. The maximum atomic E-state index is 5.96. The summed E-state index contributed by atoms with van der Waals surface area (Å²) in [6.45, 7) is 0. The van der Waals surface area contributed by atoms with Crippen LogP contribution in [0.5, 0.6) is 0 Å². The Morgan fingerprint density at radius 2 is 1.86 bits per heavy atom. The Labute approximate surface area is 91.3 Å². The van der Waals surface area contributed by atoms with E-state index in [1.54, 1.807) is 0 Å². The van der Waals surface area contributed by atoms with Gasteiger partial charge in [0.25, 0.3) is 0 Å². The quantitative estimate of drug-likeness (QED) is 0.790. The van der Waals surface area contributed by atoms with Crippen LogP contribution in [0.2, 0.25) is 0 Å². The summed E-state index contributed by atoms with van der Waals surface area (Å²) in [6.07, 6.45) is 3.62. The van der Waals surface area contributed by atoms with Crippen LogP contribution < -0.4 is 11.1 Å². The van der Waals surface area contributed by atoms with Gasteiger partial charge in [0.15, 0.2) is 0 Å². The van der Waals surface area contributed by atoms with E-state index in [1.807, 2.05) is 18.2 Å². The van der Waals surface area contributed by atoms with Gasteiger partial charge in [-0.25, -0.2) is 0 Å². The molecule has 1 aliphatic carbocycles. The molecule has 0 spiro atoms. The number of anilines is 1. The highest BCUT2D eigenvalue weighted by Crippen LogP contribution is 2.21. The van der Waals surface area contributed by atoms with Crippen molar-refractivity contribution in [3.05, 3.63) is 30.3 Å². The lowest BCUT2D eigenvalue weighted by molar-refractivity contribution is 0.638. The summed E-state index contributed by atoms with van der Waals surface area (Å²) in [5.41, 5.74) is 7.15. The molecule has 1 fully saturated rings. The van der Waals surface area contributed by atoms with Gasteiger partial charge in [0.05, 0.1) is 0 Å². The van der Waals surface area contributed by atoms with Crippen LogP contribution in [0.25, 0.3) is 0 Å². The number of para-hydroxylation sites is 1. The lowest BCUT2D eigenvalue weighted by Gasteiger charge is -2.18. The van der Waals surface area contributed by atoms with Crippen molar-refractivity contribution in [3.63, 3.8) is 0 Å². The summed E-state index contributed by atoms with van der Waals surface area (Å²) in [5, 5.41) is 3.47. The van der Waals surface area contributed by atoms with Crippen LogP contribution in [0.15, 0.2) is 30.3 Å². The molecule has 0 amide bonds. The van der Waals surface area contributed by atoms with Gasteiger partial charge in [-0.2, -0.15) is 0 Å². The van der Waals surface area contributed by atoms with Crippen molar-refractivity contribution in [2.45, 2.75) is 31.3 Å². The average molecular weight is 213 g/mol. The van der Waals surface area contributed by atoms with Crippen molar-refractivity contribution < 1.29 is 0 Å². The predicted octanol–water partition coefficient (Wildman–Crippen LogP) is 2.40. The Balaban J connectivity index is 0.000000980. The third-order valence-electron chi connectivity index (χ3n) is 2.70. The van der Waals surface area contributed by atoms with Gasteiger partial charge in [-0.3, -0.25) is 0 Å². The first-order valence-corrected chi connectivity index (χ1v) is 4.93. The standard InChI is InChI=1S/C11H16N2.ClH/c12-10-7-4-8-11(10)13-9-5-2-1-3-6-9;/h1-3,5-6,10-11,13H,4,7-8,12H2;1H. The normalized spacial score (nSPS) is 25.5. The minimum absolute atomic E-state index is 0. The number of nitrogens with one attached hydrogen (secondary N) is 1. The molecule has 78 valence electrons. The maximum absolute atomic E-state index is 5.96. The molecular formula is C11H17ClN2. The third-order valence-corrected chi connectivity index (χ3v) is 2.70. The smallest absolute Gasteiger partial charge is 0.0412 e. The zero-order valence-corrected chi connectivity index (χ0v) is 8.96. The molecule has 2 unspecified atom stereocenters. The van der Waals surface area contributed by atoms with E-state index in [4.69, 9.17) is 5.73 Å². The molecule has 1 aromatic carbocycles. The minimum atomic E-state index is 0. The SMILES string of the molecule is Cl.NC1CCCC1Nc1ccccc1. The monoisotopic (exact) mass is 212 g/mol. The molecule has 0 saturated heterocycles. The summed E-state index contributed by atoms with van der Waals surface area (Å²) in [4.78, 5) is 0. The van der Waals surface area contributed by atoms with Crippen molar-refractivity contribution in [3.8, 4) is 0 Å². The van der Waals surface area contributed by atoms with E-state index in [2.05, 4.69) is 17.4 Å². The first-order chi connectivity index (χ1) is 6.36. The first-order valence-electron chi connectivity index (χ1n) is 4.93. The van der Waals surface area contributed by atoms with Gasteiger partial charge in [0.2, 0.25) is 0 Å². The molecule has 1 saturated carbocycles. The second-order valence-corrected chi connectivity index (χ2v) is 3.71. The maximum Gasteiger partial charge on any atom is 0.0412 e. The van der Waals surface area contributed by atoms with Crippen LogP contribution in [-0.2, 0) is 0 Å². The lowest BCUT2D eigenvalue weighted by Crippen LogP contribution is -2.35. The average Bonchev–Trinajstić information content (AvgIpc) is 2.54. The van der Waals surface area contributed by atoms with Crippen LogP contribution >= 0.6 is 12.4 Å². The van der Waals surface area contributed by atoms with Gasteiger partial charge >= 0.3 is 0 Å². The number of hydrogen-bond donors (Lipinski definition) is 2. The van der Waals surface area contributed by atoms with Crippen LogP contribution in [0.1, 0.15) is 19.3 Å². The Morgan fingerprint density at radius 3 is 2.43 bits per heavy atom. The molecule has 2 nitrogen and oxygen atoms in total. The molecule has 0 radical (unpaired) electrons. The topological polar surface area (TPSA) is 38.0 Å². The first kappa shape index (κ1) is 11.3. The minimum Gasteiger partial charge on any atom is -0.381 e. The largest absolute Gasteiger partial charge is 0.381 e. The van der Waals surface area contributed by atoms with Crippen molar-refractivity contribution in [1.82, 2.24) is 0 Å². The van der Waals surface area contributed by atoms with E-state index in [0.717, 1.165) is 6.42 Å². The van der Waals surface area contributed by atoms with Crippen LogP contribution in [0.3, 0.4) is 0 Å². The van der Waals surface area contributed by atoms with Crippen molar-refractivity contribution in [2.24, 2.45) is 5.73 Å². The summed E-state index contributed by atoms with van der Waals surface area (Å²) < 4.78 is 0. The second-order valence-electron chi connectivity index (χ2n) is 3.71. The Bertz CT molecular complexity index is 263. The molecule has 2 rings (SSSR count). The molecular weight excluding hydrogens is 196 g/mol. The third kappa shape index (κ3) is 2.63. The molecule has 14 heavy (non-hydrogen) atoms. The number of hydrogen-bond acceptors (Lipinski definition) is 2. The zero-order valence-electron chi connectivity index (χ0n) is 8.15. The summed E-state index contributed by atoms with van der Waals surface area (Å²) >= 11 is 0. The van der Waals surface area contributed by atoms with Crippen molar-refractivity contribution in [2.75, 3.05) is 5.32 Å². The summed E-state index contributed by atoms with van der Waals surface area (Å²) in [5.74, 6) is 0. The van der Waals surface area contributed by atoms with E-state index in [-0.39, 0.29) is 12.4 Å². The Morgan fingerprint density at radius 1 is 1.14 bits per heavy atom.